The summed E-state index contributed by atoms with van der Waals surface area (Å²) in [6.07, 6.45) is 0. The summed E-state index contributed by atoms with van der Waals surface area (Å²) < 4.78 is 0.983. The number of nitrogens with zero attached hydrogens (tertiary/aromatic N) is 4. The zero-order valence-corrected chi connectivity index (χ0v) is 16.1. The second kappa shape index (κ2) is 8.76. The third kappa shape index (κ3) is 4.45. The number of aromatic nitrogens is 2. The van der Waals surface area contributed by atoms with Crippen molar-refractivity contribution in [2.24, 2.45) is 5.10 Å². The van der Waals surface area contributed by atoms with Gasteiger partial charge in [-0.15, -0.1) is 0 Å². The molecule has 0 fully saturated rings. The summed E-state index contributed by atoms with van der Waals surface area (Å²) >= 11 is 0. The fourth-order valence-electron chi connectivity index (χ4n) is 2.79. The minimum atomic E-state index is -0.596. The van der Waals surface area contributed by atoms with Crippen molar-refractivity contribution >= 4 is 11.6 Å². The van der Waals surface area contributed by atoms with Crippen LogP contribution in [-0.2, 0) is 11.3 Å². The number of hydrogen-bond acceptors (Lipinski definition) is 5. The van der Waals surface area contributed by atoms with Gasteiger partial charge in [0.15, 0.2) is 0 Å². The van der Waals surface area contributed by atoms with Gasteiger partial charge < -0.3 is 0 Å². The molecule has 0 saturated carbocycles. The Morgan fingerprint density at radius 2 is 1.62 bits per heavy atom. The molecule has 0 unspecified atom stereocenters. The smallest absolute Gasteiger partial charge is 0.271 e. The summed E-state index contributed by atoms with van der Waals surface area (Å²) in [6.45, 7) is 3.00. The molecule has 3 aromatic rings. The van der Waals surface area contributed by atoms with E-state index in [0.29, 0.717) is 17.0 Å². The number of benzene rings is 2. The standard InChI is InChI=1S/C22H19N5O2/c1-15-16(2)26-27(22(29)19(15)13-23)14-20(28)24-25-21(17-9-5-3-6-10-17)18-11-7-4-8-12-18/h3-12H,14H2,1-2H3,(H,24,28). The average molecular weight is 385 g/mol. The van der Waals surface area contributed by atoms with Crippen LogP contribution >= 0.6 is 0 Å². The Labute approximate surface area is 167 Å². The van der Waals surface area contributed by atoms with Gasteiger partial charge in [-0.2, -0.15) is 15.5 Å². The second-order valence-corrected chi connectivity index (χ2v) is 6.39. The van der Waals surface area contributed by atoms with Gasteiger partial charge in [0.1, 0.15) is 18.2 Å². The number of hydrazone groups is 1. The number of rotatable bonds is 5. The molecule has 1 N–H and O–H groups in total. The van der Waals surface area contributed by atoms with Crippen LogP contribution in [0.1, 0.15) is 27.9 Å². The zero-order chi connectivity index (χ0) is 20.8. The number of amides is 1. The van der Waals surface area contributed by atoms with Crippen molar-refractivity contribution < 1.29 is 4.79 Å². The van der Waals surface area contributed by atoms with E-state index in [1.807, 2.05) is 66.7 Å². The van der Waals surface area contributed by atoms with Crippen LogP contribution in [0.5, 0.6) is 0 Å². The van der Waals surface area contributed by atoms with E-state index in [1.165, 1.54) is 0 Å². The quantitative estimate of drug-likeness (QED) is 0.538. The van der Waals surface area contributed by atoms with E-state index in [4.69, 9.17) is 0 Å². The van der Waals surface area contributed by atoms with E-state index in [-0.39, 0.29) is 12.1 Å². The summed E-state index contributed by atoms with van der Waals surface area (Å²) in [5.41, 5.74) is 5.20. The Balaban J connectivity index is 1.88. The first-order valence-corrected chi connectivity index (χ1v) is 8.97. The highest BCUT2D eigenvalue weighted by Gasteiger charge is 2.14. The Kier molecular flexibility index (Phi) is 5.95. The van der Waals surface area contributed by atoms with Crippen LogP contribution in [0.2, 0.25) is 0 Å². The number of nitriles is 1. The molecule has 144 valence electrons. The SMILES string of the molecule is Cc1nn(CC(=O)NN=C(c2ccccc2)c2ccccc2)c(=O)c(C#N)c1C. The van der Waals surface area contributed by atoms with E-state index in [0.717, 1.165) is 15.8 Å². The van der Waals surface area contributed by atoms with Gasteiger partial charge in [0.25, 0.3) is 11.5 Å². The van der Waals surface area contributed by atoms with Crippen molar-refractivity contribution in [3.05, 3.63) is 99.0 Å². The molecule has 0 spiro atoms. The van der Waals surface area contributed by atoms with Crippen molar-refractivity contribution in [3.8, 4) is 6.07 Å². The summed E-state index contributed by atoms with van der Waals surface area (Å²) in [6, 6.07) is 20.8. The number of hydrogen-bond donors (Lipinski definition) is 1. The molecule has 0 atom stereocenters. The maximum Gasteiger partial charge on any atom is 0.285 e. The summed E-state index contributed by atoms with van der Waals surface area (Å²) in [4.78, 5) is 24.8. The van der Waals surface area contributed by atoms with E-state index in [2.05, 4.69) is 15.6 Å². The number of carbonyl (C=O) groups excluding carboxylic acids is 1. The number of nitrogens with one attached hydrogen (secondary N) is 1. The lowest BCUT2D eigenvalue weighted by Crippen LogP contribution is -2.34. The molecule has 0 bridgehead atoms. The molecule has 0 saturated heterocycles. The highest BCUT2D eigenvalue weighted by Crippen LogP contribution is 2.10. The molecule has 1 aromatic heterocycles. The van der Waals surface area contributed by atoms with Crippen LogP contribution in [0.4, 0.5) is 0 Å². The molecule has 7 heteroatoms. The maximum absolute atomic E-state index is 12.4. The third-order valence-corrected chi connectivity index (χ3v) is 4.43. The van der Waals surface area contributed by atoms with Crippen LogP contribution < -0.4 is 11.0 Å². The van der Waals surface area contributed by atoms with Gasteiger partial charge in [-0.05, 0) is 19.4 Å². The van der Waals surface area contributed by atoms with Crippen LogP contribution in [0.25, 0.3) is 0 Å². The molecule has 0 aliphatic heterocycles. The molecule has 2 aromatic carbocycles. The van der Waals surface area contributed by atoms with Crippen LogP contribution in [0, 0.1) is 25.2 Å². The Morgan fingerprint density at radius 1 is 1.07 bits per heavy atom. The lowest BCUT2D eigenvalue weighted by Gasteiger charge is -2.10. The molecular weight excluding hydrogens is 366 g/mol. The highest BCUT2D eigenvalue weighted by molar-refractivity contribution is 6.13. The lowest BCUT2D eigenvalue weighted by atomic mass is 10.0. The normalized spacial score (nSPS) is 10.1. The van der Waals surface area contributed by atoms with Crippen molar-refractivity contribution in [3.63, 3.8) is 0 Å². The van der Waals surface area contributed by atoms with Crippen LogP contribution in [-0.4, -0.2) is 21.4 Å². The van der Waals surface area contributed by atoms with Gasteiger partial charge in [0.2, 0.25) is 0 Å². The van der Waals surface area contributed by atoms with E-state index >= 15 is 0 Å². The summed E-state index contributed by atoms with van der Waals surface area (Å²) in [5, 5.41) is 17.6. The lowest BCUT2D eigenvalue weighted by molar-refractivity contribution is -0.121. The number of carbonyl (C=O) groups is 1. The Hall–Kier alpha value is -4.05. The summed E-state index contributed by atoms with van der Waals surface area (Å²) in [7, 11) is 0. The van der Waals surface area contributed by atoms with Crippen LogP contribution in [0.3, 0.4) is 0 Å². The van der Waals surface area contributed by atoms with Crippen molar-refractivity contribution in [1.82, 2.24) is 15.2 Å². The monoisotopic (exact) mass is 385 g/mol. The molecule has 29 heavy (non-hydrogen) atoms. The van der Waals surface area contributed by atoms with E-state index in [9.17, 15) is 14.9 Å². The largest absolute Gasteiger partial charge is 0.285 e. The first-order chi connectivity index (χ1) is 14.0. The number of aryl methyl sites for hydroxylation is 1. The average Bonchev–Trinajstić information content (AvgIpc) is 2.74. The molecule has 1 amide bonds. The second-order valence-electron chi connectivity index (χ2n) is 6.39. The fourth-order valence-corrected chi connectivity index (χ4v) is 2.79. The minimum absolute atomic E-state index is 0.0111. The molecule has 0 aliphatic rings. The predicted molar refractivity (Wildman–Crippen MR) is 109 cm³/mol. The molecule has 3 rings (SSSR count). The first-order valence-electron chi connectivity index (χ1n) is 8.97. The van der Waals surface area contributed by atoms with Gasteiger partial charge in [0, 0.05) is 11.1 Å². The third-order valence-electron chi connectivity index (χ3n) is 4.43. The van der Waals surface area contributed by atoms with Crippen molar-refractivity contribution in [2.45, 2.75) is 20.4 Å². The Morgan fingerprint density at radius 3 is 2.14 bits per heavy atom. The molecule has 7 nitrogen and oxygen atoms in total. The van der Waals surface area contributed by atoms with Gasteiger partial charge in [0.05, 0.1) is 11.4 Å². The molecule has 0 aliphatic carbocycles. The molecule has 1 heterocycles. The first kappa shape index (κ1) is 19.7. The maximum atomic E-state index is 12.4. The van der Waals surface area contributed by atoms with Gasteiger partial charge in [-0.25, -0.2) is 10.1 Å². The van der Waals surface area contributed by atoms with Crippen molar-refractivity contribution in [2.75, 3.05) is 0 Å². The van der Waals surface area contributed by atoms with Crippen LogP contribution in [0.15, 0.2) is 70.6 Å². The zero-order valence-electron chi connectivity index (χ0n) is 16.1. The predicted octanol–water partition coefficient (Wildman–Crippen LogP) is 2.30. The van der Waals surface area contributed by atoms with Gasteiger partial charge in [-0.3, -0.25) is 9.59 Å². The van der Waals surface area contributed by atoms with Crippen molar-refractivity contribution in [1.29, 1.82) is 5.26 Å². The molecule has 0 radical (unpaired) electrons. The minimum Gasteiger partial charge on any atom is -0.271 e. The molecular formula is C22H19N5O2. The summed E-state index contributed by atoms with van der Waals surface area (Å²) in [5.74, 6) is -0.517. The van der Waals surface area contributed by atoms with E-state index < -0.39 is 11.5 Å². The topological polar surface area (TPSA) is 100 Å². The Bertz CT molecular complexity index is 1120. The van der Waals surface area contributed by atoms with Gasteiger partial charge in [-0.1, -0.05) is 60.7 Å². The van der Waals surface area contributed by atoms with E-state index in [1.54, 1.807) is 13.8 Å². The highest BCUT2D eigenvalue weighted by atomic mass is 16.2. The van der Waals surface area contributed by atoms with Gasteiger partial charge >= 0.3 is 0 Å². The fraction of sp³-hybridized carbons (Fsp3) is 0.136.